The van der Waals surface area contributed by atoms with Gasteiger partial charge in [-0.3, -0.25) is 4.79 Å². The lowest BCUT2D eigenvalue weighted by atomic mass is 9.90. The predicted molar refractivity (Wildman–Crippen MR) is 131 cm³/mol. The Morgan fingerprint density at radius 2 is 1.65 bits per heavy atom. The summed E-state index contributed by atoms with van der Waals surface area (Å²) in [6.45, 7) is 0.370. The van der Waals surface area contributed by atoms with E-state index in [1.165, 1.54) is 4.90 Å². The van der Waals surface area contributed by atoms with Crippen LogP contribution in [0.4, 0.5) is 8.78 Å². The molecule has 1 aliphatic carbocycles. The predicted octanol–water partition coefficient (Wildman–Crippen LogP) is 5.16. The summed E-state index contributed by atoms with van der Waals surface area (Å²) < 4.78 is 38.8. The van der Waals surface area contributed by atoms with Crippen LogP contribution >= 0.6 is 0 Å². The van der Waals surface area contributed by atoms with Crippen LogP contribution in [-0.2, 0) is 33.9 Å². The van der Waals surface area contributed by atoms with Gasteiger partial charge < -0.3 is 19.5 Å². The number of alkyl halides is 2. The zero-order valence-corrected chi connectivity index (χ0v) is 20.1. The maximum atomic E-state index is 13.8. The van der Waals surface area contributed by atoms with Crippen molar-refractivity contribution in [1.29, 1.82) is 0 Å². The van der Waals surface area contributed by atoms with Crippen molar-refractivity contribution in [2.24, 2.45) is 0 Å². The van der Waals surface area contributed by atoms with Crippen LogP contribution in [0, 0.1) is 0 Å². The van der Waals surface area contributed by atoms with Gasteiger partial charge in [0.2, 0.25) is 0 Å². The summed E-state index contributed by atoms with van der Waals surface area (Å²) in [7, 11) is 0. The van der Waals surface area contributed by atoms with E-state index in [-0.39, 0.29) is 13.0 Å². The molecule has 1 N–H and O–H groups in total. The summed E-state index contributed by atoms with van der Waals surface area (Å²) in [5.74, 6) is -3.94. The molecule has 1 amide bonds. The largest absolute Gasteiger partial charge is 0.489 e. The summed E-state index contributed by atoms with van der Waals surface area (Å²) in [5.41, 5.74) is 2.99. The molecule has 1 unspecified atom stereocenters. The Kier molecular flexibility index (Phi) is 6.93. The minimum absolute atomic E-state index is 0.0428. The number of benzene rings is 3. The molecule has 3 aromatic rings. The first-order valence-electron chi connectivity index (χ1n) is 12.2. The molecule has 37 heavy (non-hydrogen) atoms. The summed E-state index contributed by atoms with van der Waals surface area (Å²) in [6.07, 6.45) is -2.82. The molecule has 3 aromatic carbocycles. The summed E-state index contributed by atoms with van der Waals surface area (Å²) >= 11 is 0. The molecule has 0 radical (unpaired) electrons. The van der Waals surface area contributed by atoms with Crippen LogP contribution in [0.1, 0.15) is 41.2 Å². The van der Waals surface area contributed by atoms with Gasteiger partial charge in [-0.2, -0.15) is 0 Å². The van der Waals surface area contributed by atoms with Crippen LogP contribution in [0.25, 0.3) is 0 Å². The molecule has 0 aromatic heterocycles. The number of amides is 1. The molecule has 5 rings (SSSR count). The molecule has 1 aliphatic heterocycles. The number of hydrogen-bond acceptors (Lipinski definition) is 4. The Hall–Kier alpha value is -3.78. The highest BCUT2D eigenvalue weighted by Crippen LogP contribution is 2.42. The van der Waals surface area contributed by atoms with Crippen molar-refractivity contribution in [3.63, 3.8) is 0 Å². The van der Waals surface area contributed by atoms with Gasteiger partial charge in [-0.25, -0.2) is 13.6 Å². The van der Waals surface area contributed by atoms with Crippen LogP contribution < -0.4 is 4.74 Å². The second kappa shape index (κ2) is 10.3. The van der Waals surface area contributed by atoms with Gasteiger partial charge in [0.05, 0.1) is 6.10 Å². The normalized spacial score (nSPS) is 19.4. The number of aliphatic carboxylic acids is 1. The number of nitrogens with zero attached hydrogens (tertiary/aromatic N) is 1. The number of fused-ring (bicyclic) bond motifs is 1. The Morgan fingerprint density at radius 3 is 2.30 bits per heavy atom. The van der Waals surface area contributed by atoms with Gasteiger partial charge in [-0.1, -0.05) is 72.8 Å². The Balaban J connectivity index is 1.40. The monoisotopic (exact) mass is 507 g/mol. The van der Waals surface area contributed by atoms with Gasteiger partial charge >= 0.3 is 5.97 Å². The van der Waals surface area contributed by atoms with Gasteiger partial charge in [0.15, 0.2) is 6.10 Å². The van der Waals surface area contributed by atoms with Crippen molar-refractivity contribution < 1.29 is 33.0 Å². The quantitative estimate of drug-likeness (QED) is 0.456. The fraction of sp³-hybridized carbons (Fsp3) is 0.310. The number of carboxylic acid groups (broad SMARTS) is 1. The van der Waals surface area contributed by atoms with E-state index in [1.807, 2.05) is 42.5 Å². The lowest BCUT2D eigenvalue weighted by Gasteiger charge is -2.40. The Labute approximate surface area is 213 Å². The molecule has 1 saturated carbocycles. The first-order valence-corrected chi connectivity index (χ1v) is 12.2. The van der Waals surface area contributed by atoms with E-state index < -0.39 is 48.9 Å². The lowest BCUT2D eigenvalue weighted by Crippen LogP contribution is -2.51. The zero-order chi connectivity index (χ0) is 26.0. The van der Waals surface area contributed by atoms with Gasteiger partial charge in [0.1, 0.15) is 18.4 Å². The fourth-order valence-corrected chi connectivity index (χ4v) is 4.86. The topological polar surface area (TPSA) is 76.1 Å². The maximum absolute atomic E-state index is 13.8. The fourth-order valence-electron chi connectivity index (χ4n) is 4.86. The van der Waals surface area contributed by atoms with Crippen molar-refractivity contribution in [2.75, 3.05) is 0 Å². The van der Waals surface area contributed by atoms with Crippen LogP contribution in [0.2, 0.25) is 0 Å². The standard InChI is InChI=1S/C29H27F2NO5/c30-29(31)15-22(16-29)37-26(20-10-5-2-6-11-20)27(33)32-17-21-12-7-13-25(23(21)14-24(32)28(34)35)36-18-19-8-3-1-4-9-19/h1-13,22,24,26H,14-18H2,(H,34,35)/t24?,26-/m0/s1. The van der Waals surface area contributed by atoms with Crippen LogP contribution in [0.15, 0.2) is 78.9 Å². The molecular weight excluding hydrogens is 480 g/mol. The third-order valence-corrected chi connectivity index (χ3v) is 6.86. The van der Waals surface area contributed by atoms with Crippen molar-refractivity contribution in [3.05, 3.63) is 101 Å². The van der Waals surface area contributed by atoms with Crippen LogP contribution in [-0.4, -0.2) is 40.0 Å². The number of carboxylic acids is 1. The third-order valence-electron chi connectivity index (χ3n) is 6.86. The van der Waals surface area contributed by atoms with E-state index in [2.05, 4.69) is 0 Å². The first kappa shape index (κ1) is 24.9. The molecule has 6 nitrogen and oxygen atoms in total. The smallest absolute Gasteiger partial charge is 0.326 e. The highest BCUT2D eigenvalue weighted by molar-refractivity contribution is 5.88. The molecule has 0 saturated heterocycles. The number of rotatable bonds is 8. The molecule has 1 fully saturated rings. The van der Waals surface area contributed by atoms with E-state index in [9.17, 15) is 23.5 Å². The number of halogens is 2. The van der Waals surface area contributed by atoms with Crippen molar-refractivity contribution in [3.8, 4) is 5.75 Å². The maximum Gasteiger partial charge on any atom is 0.326 e. The molecule has 1 heterocycles. The molecular formula is C29H27F2NO5. The van der Waals surface area contributed by atoms with Crippen LogP contribution in [0.3, 0.4) is 0 Å². The van der Waals surface area contributed by atoms with E-state index >= 15 is 0 Å². The van der Waals surface area contributed by atoms with Gasteiger partial charge in [-0.15, -0.1) is 0 Å². The van der Waals surface area contributed by atoms with Gasteiger partial charge in [0.25, 0.3) is 11.8 Å². The Bertz CT molecular complexity index is 1260. The summed E-state index contributed by atoms with van der Waals surface area (Å²) in [5, 5.41) is 10.1. The molecule has 0 spiro atoms. The number of hydrogen-bond donors (Lipinski definition) is 1. The van der Waals surface area contributed by atoms with Gasteiger partial charge in [-0.05, 0) is 22.8 Å². The summed E-state index contributed by atoms with van der Waals surface area (Å²) in [6, 6.07) is 22.5. The minimum Gasteiger partial charge on any atom is -0.489 e. The molecule has 0 bridgehead atoms. The molecule has 2 atom stereocenters. The number of ether oxygens (including phenoxy) is 2. The number of carbonyl (C=O) groups excluding carboxylic acids is 1. The molecule has 2 aliphatic rings. The first-order chi connectivity index (χ1) is 17.8. The van der Waals surface area contributed by atoms with E-state index in [0.717, 1.165) is 16.7 Å². The molecule has 192 valence electrons. The highest BCUT2D eigenvalue weighted by atomic mass is 19.3. The minimum atomic E-state index is -2.81. The number of carbonyl (C=O) groups is 2. The average Bonchev–Trinajstić information content (AvgIpc) is 2.89. The highest BCUT2D eigenvalue weighted by Gasteiger charge is 2.48. The van der Waals surface area contributed by atoms with Gasteiger partial charge in [0, 0.05) is 31.4 Å². The van der Waals surface area contributed by atoms with Crippen molar-refractivity contribution in [1.82, 2.24) is 4.90 Å². The zero-order valence-electron chi connectivity index (χ0n) is 20.1. The van der Waals surface area contributed by atoms with E-state index in [4.69, 9.17) is 9.47 Å². The van der Waals surface area contributed by atoms with Crippen molar-refractivity contribution in [2.45, 2.75) is 56.6 Å². The second-order valence-electron chi connectivity index (χ2n) is 9.51. The Morgan fingerprint density at radius 1 is 0.973 bits per heavy atom. The van der Waals surface area contributed by atoms with Crippen molar-refractivity contribution >= 4 is 11.9 Å². The SMILES string of the molecule is O=C(O)C1Cc2c(cccc2OCc2ccccc2)CN1C(=O)[C@@H](OC1CC(F)(F)C1)c1ccccc1. The lowest BCUT2D eigenvalue weighted by molar-refractivity contribution is -0.193. The average molecular weight is 508 g/mol. The third kappa shape index (κ3) is 5.49. The van der Waals surface area contributed by atoms with E-state index in [1.54, 1.807) is 36.4 Å². The van der Waals surface area contributed by atoms with E-state index in [0.29, 0.717) is 17.9 Å². The molecule has 8 heteroatoms. The second-order valence-corrected chi connectivity index (χ2v) is 9.51. The summed E-state index contributed by atoms with van der Waals surface area (Å²) in [4.78, 5) is 27.4. The van der Waals surface area contributed by atoms with Crippen LogP contribution in [0.5, 0.6) is 5.75 Å².